The van der Waals surface area contributed by atoms with Gasteiger partial charge in [-0.2, -0.15) is 5.10 Å². The van der Waals surface area contributed by atoms with E-state index in [1.54, 1.807) is 4.68 Å². The van der Waals surface area contributed by atoms with E-state index < -0.39 is 6.04 Å². The molecule has 0 aliphatic carbocycles. The summed E-state index contributed by atoms with van der Waals surface area (Å²) in [7, 11) is 2.19. The smallest absolute Gasteiger partial charge is 0.318 e. The van der Waals surface area contributed by atoms with Crippen molar-refractivity contribution in [2.45, 2.75) is 264 Å². The normalized spacial score (nSPS) is 16.8. The van der Waals surface area contributed by atoms with Gasteiger partial charge in [-0.25, -0.2) is 9.48 Å². The van der Waals surface area contributed by atoms with Crippen LogP contribution < -0.4 is 10.2 Å². The molecule has 3 amide bonds. The van der Waals surface area contributed by atoms with Crippen molar-refractivity contribution >= 4 is 46.5 Å². The lowest BCUT2D eigenvalue weighted by molar-refractivity contribution is -0.148. The molecule has 1 atom stereocenters. The summed E-state index contributed by atoms with van der Waals surface area (Å²) in [5, 5.41) is 8.98. The van der Waals surface area contributed by atoms with Crippen molar-refractivity contribution in [3.05, 3.63) is 64.9 Å². The van der Waals surface area contributed by atoms with Crippen LogP contribution in [-0.4, -0.2) is 138 Å². The molecule has 1 N–H and O–H groups in total. The van der Waals surface area contributed by atoms with Crippen molar-refractivity contribution in [1.29, 1.82) is 0 Å². The van der Waals surface area contributed by atoms with Crippen molar-refractivity contribution in [1.82, 2.24) is 34.7 Å². The number of anilines is 1. The van der Waals surface area contributed by atoms with Gasteiger partial charge in [0, 0.05) is 88.4 Å². The monoisotopic (exact) mass is 1190 g/mol. The van der Waals surface area contributed by atoms with Gasteiger partial charge < -0.3 is 34.4 Å². The van der Waals surface area contributed by atoms with Gasteiger partial charge in [-0.3, -0.25) is 19.3 Å². The molecule has 14 heteroatoms. The van der Waals surface area contributed by atoms with Crippen LogP contribution in [0.25, 0.3) is 17.0 Å². The molecule has 0 spiro atoms. The summed E-state index contributed by atoms with van der Waals surface area (Å²) in [6, 6.07) is 12.1. The van der Waals surface area contributed by atoms with E-state index in [1.807, 2.05) is 29.0 Å². The molecule has 0 saturated carbocycles. The van der Waals surface area contributed by atoms with E-state index in [9.17, 15) is 19.2 Å². The third-order valence-corrected chi connectivity index (χ3v) is 19.3. The Balaban J connectivity index is 0.864. The molecular formula is C72H116N8O6. The minimum absolute atomic E-state index is 0.0400. The molecule has 2 aromatic carbocycles. The van der Waals surface area contributed by atoms with E-state index in [1.165, 1.54) is 153 Å². The molecule has 4 aliphatic heterocycles. The first-order chi connectivity index (χ1) is 42.1. The average molecular weight is 1190 g/mol. The SMILES string of the molecule is CCCCCCCCCCCCCCCCC(=O)OCN1CC(C2CCN(C(=O)N[C@H](Cc3cc(C)c4nn(COC(=O)CCCCCCCCCCCCCCCC)cc4c3)C(=O)N3CCN(C4CCN(C)CC4)CC3)CC2)=Cc2ccccc21. The fourth-order valence-electron chi connectivity index (χ4n) is 13.8. The van der Waals surface area contributed by atoms with E-state index >= 15 is 0 Å². The first-order valence-corrected chi connectivity index (χ1v) is 35.2. The van der Waals surface area contributed by atoms with Gasteiger partial charge in [0.25, 0.3) is 0 Å². The van der Waals surface area contributed by atoms with Crippen LogP contribution in [0.1, 0.15) is 249 Å². The Hall–Kier alpha value is -4.95. The highest BCUT2D eigenvalue weighted by molar-refractivity contribution is 5.88. The second kappa shape index (κ2) is 39.1. The van der Waals surface area contributed by atoms with Crippen LogP contribution in [0.5, 0.6) is 0 Å². The van der Waals surface area contributed by atoms with Crippen LogP contribution in [-0.2, 0) is 37.0 Å². The number of hydrogen-bond donors (Lipinski definition) is 1. The maximum atomic E-state index is 14.8. The topological polar surface area (TPSA) is 133 Å². The molecule has 3 aromatic rings. The number of piperazine rings is 1. The molecule has 86 heavy (non-hydrogen) atoms. The number of aryl methyl sites for hydroxylation is 1. The minimum Gasteiger partial charge on any atom is -0.444 e. The van der Waals surface area contributed by atoms with Crippen LogP contribution in [0.4, 0.5) is 10.5 Å². The van der Waals surface area contributed by atoms with E-state index in [-0.39, 0.29) is 43.3 Å². The van der Waals surface area contributed by atoms with Crippen LogP contribution in [0, 0.1) is 12.8 Å². The first kappa shape index (κ1) is 68.5. The van der Waals surface area contributed by atoms with Gasteiger partial charge in [0.2, 0.25) is 5.91 Å². The van der Waals surface area contributed by atoms with Crippen molar-refractivity contribution in [2.24, 2.45) is 5.92 Å². The van der Waals surface area contributed by atoms with E-state index in [0.29, 0.717) is 58.0 Å². The number of esters is 2. The van der Waals surface area contributed by atoms with Crippen LogP contribution in [0.3, 0.4) is 0 Å². The zero-order valence-corrected chi connectivity index (χ0v) is 54.5. The molecule has 1 aromatic heterocycles. The molecular weight excluding hydrogens is 1070 g/mol. The van der Waals surface area contributed by atoms with Gasteiger partial charge in [0.15, 0.2) is 13.5 Å². The summed E-state index contributed by atoms with van der Waals surface area (Å²) < 4.78 is 13.3. The van der Waals surface area contributed by atoms with E-state index in [2.05, 4.69) is 77.3 Å². The van der Waals surface area contributed by atoms with Gasteiger partial charge in [0.1, 0.15) is 6.04 Å². The second-order valence-corrected chi connectivity index (χ2v) is 26.3. The first-order valence-electron chi connectivity index (χ1n) is 35.2. The van der Waals surface area contributed by atoms with Gasteiger partial charge in [0.05, 0.1) is 5.52 Å². The number of nitrogens with zero attached hydrogens (tertiary/aromatic N) is 7. The fraction of sp³-hybridized carbons (Fsp3) is 0.736. The Kier molecular flexibility index (Phi) is 31.2. The highest BCUT2D eigenvalue weighted by atomic mass is 16.5. The van der Waals surface area contributed by atoms with Gasteiger partial charge in [-0.05, 0) is 106 Å². The summed E-state index contributed by atoms with van der Waals surface area (Å²) in [6.45, 7) is 13.8. The number of ether oxygens (including phenoxy) is 2. The van der Waals surface area contributed by atoms with Gasteiger partial charge >= 0.3 is 18.0 Å². The minimum atomic E-state index is -0.749. The van der Waals surface area contributed by atoms with Crippen molar-refractivity contribution < 1.29 is 28.7 Å². The van der Waals surface area contributed by atoms with Gasteiger partial charge in [-0.1, -0.05) is 211 Å². The molecule has 14 nitrogen and oxygen atoms in total. The van der Waals surface area contributed by atoms with Crippen LogP contribution in [0.2, 0.25) is 0 Å². The number of piperidine rings is 2. The van der Waals surface area contributed by atoms with Crippen molar-refractivity contribution in [3.8, 4) is 0 Å². The number of carbonyl (C=O) groups is 4. The predicted octanol–water partition coefficient (Wildman–Crippen LogP) is 15.6. The summed E-state index contributed by atoms with van der Waals surface area (Å²) >= 11 is 0. The number of fused-ring (bicyclic) bond motifs is 2. The number of urea groups is 1. The number of carbonyl (C=O) groups excluding carboxylic acids is 4. The van der Waals surface area contributed by atoms with Crippen molar-refractivity contribution in [3.63, 3.8) is 0 Å². The Labute approximate surface area is 520 Å². The quantitative estimate of drug-likeness (QED) is 0.0433. The molecule has 4 aliphatic rings. The number of likely N-dealkylation sites (tertiary alicyclic amines) is 2. The summed E-state index contributed by atoms with van der Waals surface area (Å²) in [6.07, 6.45) is 45.2. The van der Waals surface area contributed by atoms with Gasteiger partial charge in [-0.15, -0.1) is 0 Å². The lowest BCUT2D eigenvalue weighted by Crippen LogP contribution is -2.59. The summed E-state index contributed by atoms with van der Waals surface area (Å²) in [4.78, 5) is 66.1. The zero-order valence-electron chi connectivity index (χ0n) is 54.5. The standard InChI is InChI=1S/C72H116N8O6/c1-5-7-9-11-13-15-17-19-21-23-25-27-29-31-37-68(81)85-57-79-55-63(54-62-35-33-34-36-67(62)79)61-39-45-78(46-40-61)72(84)73-66(71(83)77-49-47-76(48-50-77)65-41-43-75(4)44-42-65)53-60-51-59(3)70-64(52-60)56-80(74-70)58-86-69(82)38-32-30-28-26-24-22-20-18-16-14-12-10-8-6-2/h33-36,51-52,54,56,61,65-66H,5-32,37-50,53,55,57-58H2,1-4H3,(H,73,84)/t66-/m1/s1. The van der Waals surface area contributed by atoms with Crippen LogP contribution in [0.15, 0.2) is 48.2 Å². The number of rotatable bonds is 40. The molecule has 480 valence electrons. The van der Waals surface area contributed by atoms with E-state index in [0.717, 1.165) is 117 Å². The number of para-hydroxylation sites is 1. The molecule has 0 unspecified atom stereocenters. The molecule has 5 heterocycles. The second-order valence-electron chi connectivity index (χ2n) is 26.3. The summed E-state index contributed by atoms with van der Waals surface area (Å²) in [5.41, 5.74) is 6.24. The Morgan fingerprint density at radius 2 is 1.10 bits per heavy atom. The Morgan fingerprint density at radius 3 is 1.65 bits per heavy atom. The lowest BCUT2D eigenvalue weighted by Gasteiger charge is -2.43. The predicted molar refractivity (Wildman–Crippen MR) is 352 cm³/mol. The Morgan fingerprint density at radius 1 is 0.593 bits per heavy atom. The number of hydrogen-bond acceptors (Lipinski definition) is 10. The maximum Gasteiger partial charge on any atom is 0.318 e. The number of amides is 3. The zero-order chi connectivity index (χ0) is 60.6. The molecule has 3 fully saturated rings. The average Bonchev–Trinajstić information content (AvgIpc) is 3.97. The number of nitrogens with one attached hydrogen (secondary N) is 1. The lowest BCUT2D eigenvalue weighted by atomic mass is 9.86. The summed E-state index contributed by atoms with van der Waals surface area (Å²) in [5.74, 6) is -0.0951. The van der Waals surface area contributed by atoms with Crippen LogP contribution >= 0.6 is 0 Å². The highest BCUT2D eigenvalue weighted by Crippen LogP contribution is 2.35. The molecule has 7 rings (SSSR count). The van der Waals surface area contributed by atoms with Crippen molar-refractivity contribution in [2.75, 3.05) is 77.6 Å². The number of benzene rings is 2. The highest BCUT2D eigenvalue weighted by Gasteiger charge is 2.35. The fourth-order valence-corrected chi connectivity index (χ4v) is 13.8. The molecule has 3 saturated heterocycles. The number of aromatic nitrogens is 2. The maximum absolute atomic E-state index is 14.8. The number of unbranched alkanes of at least 4 members (excludes halogenated alkanes) is 26. The molecule has 0 radical (unpaired) electrons. The third-order valence-electron chi connectivity index (χ3n) is 19.3. The third kappa shape index (κ3) is 23.9. The largest absolute Gasteiger partial charge is 0.444 e. The molecule has 0 bridgehead atoms. The Bertz CT molecular complexity index is 2470. The van der Waals surface area contributed by atoms with E-state index in [4.69, 9.17) is 14.6 Å².